The number of carbonyl (C=O) groups is 1. The maximum absolute atomic E-state index is 13.7. The molecule has 1 aliphatic rings. The van der Waals surface area contributed by atoms with Crippen molar-refractivity contribution in [2.24, 2.45) is 10.7 Å². The summed E-state index contributed by atoms with van der Waals surface area (Å²) in [6.07, 6.45) is 1.71. The van der Waals surface area contributed by atoms with Gasteiger partial charge < -0.3 is 16.4 Å². The molecule has 1 aromatic rings. The smallest absolute Gasteiger partial charge is 0.231 e. The van der Waals surface area contributed by atoms with Gasteiger partial charge in [-0.25, -0.2) is 13.8 Å². The van der Waals surface area contributed by atoms with Crippen LogP contribution in [0.2, 0.25) is 0 Å². The fourth-order valence-corrected chi connectivity index (χ4v) is 2.80. The number of nitrogens with two attached hydrogens (primary N) is 1. The Bertz CT molecular complexity index is 621. The second-order valence-electron chi connectivity index (χ2n) is 6.09. The minimum atomic E-state index is -0.480. The molecule has 1 aromatic carbocycles. The highest BCUT2D eigenvalue weighted by molar-refractivity contribution is 14.0. The number of primary amides is 1. The van der Waals surface area contributed by atoms with Gasteiger partial charge in [0.1, 0.15) is 11.6 Å². The lowest BCUT2D eigenvalue weighted by atomic mass is 10.1. The zero-order chi connectivity index (χ0) is 18.2. The molecule has 0 aliphatic carbocycles. The first-order valence-electron chi connectivity index (χ1n) is 8.47. The van der Waals surface area contributed by atoms with Gasteiger partial charge in [0, 0.05) is 31.2 Å². The normalized spacial score (nSPS) is 16.0. The van der Waals surface area contributed by atoms with Gasteiger partial charge in [0.2, 0.25) is 5.91 Å². The maximum atomic E-state index is 13.7. The number of nitrogens with one attached hydrogen (secondary N) is 2. The Balaban J connectivity index is 0.00000338. The number of nitrogens with zero attached hydrogens (tertiary/aromatic N) is 2. The number of likely N-dealkylation sites (tertiary alicyclic amines) is 1. The number of amides is 1. The molecule has 1 saturated heterocycles. The molecule has 9 heteroatoms. The van der Waals surface area contributed by atoms with Crippen molar-refractivity contribution in [2.45, 2.75) is 32.4 Å². The minimum absolute atomic E-state index is 0. The number of rotatable bonds is 6. The Kier molecular flexibility index (Phi) is 9.78. The highest BCUT2D eigenvalue weighted by Crippen LogP contribution is 2.12. The van der Waals surface area contributed by atoms with Crippen LogP contribution < -0.4 is 16.4 Å². The van der Waals surface area contributed by atoms with E-state index in [0.29, 0.717) is 12.5 Å². The van der Waals surface area contributed by atoms with Crippen LogP contribution in [0.25, 0.3) is 0 Å². The highest BCUT2D eigenvalue weighted by Gasteiger charge is 2.20. The van der Waals surface area contributed by atoms with E-state index in [9.17, 15) is 13.6 Å². The second kappa shape index (κ2) is 11.3. The van der Waals surface area contributed by atoms with Gasteiger partial charge in [0.05, 0.1) is 13.1 Å². The average molecular weight is 481 g/mol. The van der Waals surface area contributed by atoms with Crippen LogP contribution in [0.1, 0.15) is 25.3 Å². The number of guanidine groups is 1. The van der Waals surface area contributed by atoms with Gasteiger partial charge in [0.25, 0.3) is 0 Å². The first-order valence-corrected chi connectivity index (χ1v) is 8.47. The Morgan fingerprint density at radius 2 is 2.04 bits per heavy atom. The number of hydrogen-bond acceptors (Lipinski definition) is 3. The Labute approximate surface area is 169 Å². The van der Waals surface area contributed by atoms with Crippen LogP contribution in [0.5, 0.6) is 0 Å². The number of piperidine rings is 1. The molecule has 1 fully saturated rings. The largest absolute Gasteiger partial charge is 0.369 e. The molecule has 0 atom stereocenters. The van der Waals surface area contributed by atoms with Crippen LogP contribution >= 0.6 is 24.0 Å². The van der Waals surface area contributed by atoms with Crippen LogP contribution in [0, 0.1) is 11.6 Å². The molecule has 6 nitrogen and oxygen atoms in total. The quantitative estimate of drug-likeness (QED) is 0.328. The number of hydrogen-bond donors (Lipinski definition) is 3. The van der Waals surface area contributed by atoms with E-state index >= 15 is 0 Å². The predicted octanol–water partition coefficient (Wildman–Crippen LogP) is 1.59. The monoisotopic (exact) mass is 481 g/mol. The third-order valence-corrected chi connectivity index (χ3v) is 4.07. The molecule has 2 rings (SSSR count). The molecule has 0 bridgehead atoms. The van der Waals surface area contributed by atoms with E-state index in [0.717, 1.165) is 44.1 Å². The third-order valence-electron chi connectivity index (χ3n) is 4.07. The van der Waals surface area contributed by atoms with Crippen LogP contribution in [0.15, 0.2) is 23.2 Å². The van der Waals surface area contributed by atoms with E-state index < -0.39 is 11.6 Å². The standard InChI is InChI=1S/C17H25F2N5O.HI/c1-2-21-17(22-10-12-9-13(18)3-4-15(12)19)23-14-5-7-24(8-6-14)11-16(20)25;/h3-4,9,14H,2,5-8,10-11H2,1H3,(H2,20,25)(H2,21,22,23);1H. The first-order chi connectivity index (χ1) is 12.0. The zero-order valence-electron chi connectivity index (χ0n) is 14.8. The summed E-state index contributed by atoms with van der Waals surface area (Å²) in [4.78, 5) is 17.3. The van der Waals surface area contributed by atoms with E-state index in [1.807, 2.05) is 11.8 Å². The Hall–Kier alpha value is -1.49. The van der Waals surface area contributed by atoms with Gasteiger partial charge in [-0.3, -0.25) is 9.69 Å². The van der Waals surface area contributed by atoms with E-state index in [1.54, 1.807) is 0 Å². The summed E-state index contributed by atoms with van der Waals surface area (Å²) in [5.74, 6) is -0.704. The van der Waals surface area contributed by atoms with Crippen molar-refractivity contribution in [3.05, 3.63) is 35.4 Å². The molecule has 4 N–H and O–H groups in total. The molecule has 1 heterocycles. The molecule has 1 amide bonds. The fourth-order valence-electron chi connectivity index (χ4n) is 2.80. The lowest BCUT2D eigenvalue weighted by molar-refractivity contribution is -0.119. The zero-order valence-corrected chi connectivity index (χ0v) is 17.1. The van der Waals surface area contributed by atoms with Crippen LogP contribution in [0.3, 0.4) is 0 Å². The van der Waals surface area contributed by atoms with Crippen molar-refractivity contribution in [3.63, 3.8) is 0 Å². The van der Waals surface area contributed by atoms with Crippen molar-refractivity contribution in [3.8, 4) is 0 Å². The minimum Gasteiger partial charge on any atom is -0.369 e. The Morgan fingerprint density at radius 1 is 1.35 bits per heavy atom. The van der Waals surface area contributed by atoms with E-state index in [2.05, 4.69) is 15.6 Å². The van der Waals surface area contributed by atoms with Gasteiger partial charge in [-0.15, -0.1) is 24.0 Å². The topological polar surface area (TPSA) is 82.8 Å². The summed E-state index contributed by atoms with van der Waals surface area (Å²) in [5, 5.41) is 6.43. The lowest BCUT2D eigenvalue weighted by Crippen LogP contribution is -2.49. The summed E-state index contributed by atoms with van der Waals surface area (Å²) in [7, 11) is 0. The highest BCUT2D eigenvalue weighted by atomic mass is 127. The van der Waals surface area contributed by atoms with E-state index in [4.69, 9.17) is 5.73 Å². The number of halogens is 3. The van der Waals surface area contributed by atoms with Crippen molar-refractivity contribution < 1.29 is 13.6 Å². The van der Waals surface area contributed by atoms with E-state index in [1.165, 1.54) is 0 Å². The van der Waals surface area contributed by atoms with Gasteiger partial charge in [-0.2, -0.15) is 0 Å². The molecule has 0 aromatic heterocycles. The molecule has 26 heavy (non-hydrogen) atoms. The summed E-state index contributed by atoms with van der Waals surface area (Å²) in [5.41, 5.74) is 5.43. The SMILES string of the molecule is CCNC(=NCc1cc(F)ccc1F)NC1CCN(CC(N)=O)CC1.I. The van der Waals surface area contributed by atoms with E-state index in [-0.39, 0.29) is 54.6 Å². The van der Waals surface area contributed by atoms with Crippen molar-refractivity contribution in [2.75, 3.05) is 26.2 Å². The predicted molar refractivity (Wildman–Crippen MR) is 108 cm³/mol. The number of carbonyl (C=O) groups excluding carboxylic acids is 1. The molecule has 1 aliphatic heterocycles. The van der Waals surface area contributed by atoms with Crippen molar-refractivity contribution >= 4 is 35.8 Å². The van der Waals surface area contributed by atoms with Gasteiger partial charge in [-0.05, 0) is 38.0 Å². The summed E-state index contributed by atoms with van der Waals surface area (Å²) in [6, 6.07) is 3.56. The van der Waals surface area contributed by atoms with Crippen LogP contribution in [0.4, 0.5) is 8.78 Å². The molecule has 0 radical (unpaired) electrons. The first kappa shape index (κ1) is 22.6. The summed E-state index contributed by atoms with van der Waals surface area (Å²) >= 11 is 0. The molecular formula is C17H26F2IN5O. The van der Waals surface area contributed by atoms with Crippen LogP contribution in [-0.4, -0.2) is 49.0 Å². The molecular weight excluding hydrogens is 455 g/mol. The number of aliphatic imine (C=N–C) groups is 1. The van der Waals surface area contributed by atoms with Crippen molar-refractivity contribution in [1.29, 1.82) is 0 Å². The molecule has 0 spiro atoms. The fraction of sp³-hybridized carbons (Fsp3) is 0.529. The second-order valence-corrected chi connectivity index (χ2v) is 6.09. The van der Waals surface area contributed by atoms with Gasteiger partial charge >= 0.3 is 0 Å². The number of benzene rings is 1. The third kappa shape index (κ3) is 7.40. The van der Waals surface area contributed by atoms with Gasteiger partial charge in [0.15, 0.2) is 5.96 Å². The summed E-state index contributed by atoms with van der Waals surface area (Å²) < 4.78 is 26.9. The lowest BCUT2D eigenvalue weighted by Gasteiger charge is -2.32. The van der Waals surface area contributed by atoms with Crippen molar-refractivity contribution in [1.82, 2.24) is 15.5 Å². The van der Waals surface area contributed by atoms with Gasteiger partial charge in [-0.1, -0.05) is 0 Å². The van der Waals surface area contributed by atoms with Crippen LogP contribution in [-0.2, 0) is 11.3 Å². The molecule has 0 saturated carbocycles. The average Bonchev–Trinajstić information content (AvgIpc) is 2.57. The maximum Gasteiger partial charge on any atom is 0.231 e. The molecule has 0 unspecified atom stereocenters. The Morgan fingerprint density at radius 3 is 2.65 bits per heavy atom. The summed E-state index contributed by atoms with van der Waals surface area (Å²) in [6.45, 7) is 4.49. The molecule has 146 valence electrons.